The monoisotopic (exact) mass is 644 g/mol. The number of hydrogen-bond acceptors (Lipinski definition) is 7. The van der Waals surface area contributed by atoms with Crippen molar-refractivity contribution in [3.05, 3.63) is 59.4 Å². The maximum atomic E-state index is 14.6. The van der Waals surface area contributed by atoms with Gasteiger partial charge in [-0.1, -0.05) is 39.8 Å². The Kier molecular flexibility index (Phi) is 12.5. The van der Waals surface area contributed by atoms with E-state index in [9.17, 15) is 32.8 Å². The van der Waals surface area contributed by atoms with E-state index in [4.69, 9.17) is 4.74 Å². The van der Waals surface area contributed by atoms with E-state index in [0.717, 1.165) is 4.90 Å². The molecule has 3 rings (SSSR count). The Balaban J connectivity index is 2.01. The predicted octanol–water partition coefficient (Wildman–Crippen LogP) is 1.73. The van der Waals surface area contributed by atoms with Crippen molar-refractivity contribution < 1.29 is 37.5 Å². The lowest BCUT2D eigenvalue weighted by atomic mass is 10.0. The lowest BCUT2D eigenvalue weighted by Gasteiger charge is -2.31. The summed E-state index contributed by atoms with van der Waals surface area (Å²) in [6.45, 7) is 7.84. The molecule has 1 aliphatic heterocycles. The highest BCUT2D eigenvalue weighted by Gasteiger charge is 2.33. The summed E-state index contributed by atoms with van der Waals surface area (Å²) >= 11 is 0. The van der Waals surface area contributed by atoms with Crippen LogP contribution in [-0.2, 0) is 25.6 Å². The number of aromatic nitrogens is 1. The molecule has 0 saturated carbocycles. The summed E-state index contributed by atoms with van der Waals surface area (Å²) in [5.41, 5.74) is -0.00388. The van der Waals surface area contributed by atoms with Crippen molar-refractivity contribution >= 4 is 29.5 Å². The van der Waals surface area contributed by atoms with Gasteiger partial charge in [0, 0.05) is 25.1 Å². The van der Waals surface area contributed by atoms with Crippen molar-refractivity contribution in [2.75, 3.05) is 20.2 Å². The molecular weight excluding hydrogens is 602 g/mol. The number of methoxy groups -OCH3 is 1. The van der Waals surface area contributed by atoms with Crippen molar-refractivity contribution in [1.29, 1.82) is 0 Å². The first-order valence-corrected chi connectivity index (χ1v) is 15.1. The highest BCUT2D eigenvalue weighted by molar-refractivity contribution is 5.97. The van der Waals surface area contributed by atoms with Gasteiger partial charge in [-0.05, 0) is 42.9 Å². The van der Waals surface area contributed by atoms with Crippen molar-refractivity contribution in [3.63, 3.8) is 0 Å². The molecule has 1 aliphatic rings. The van der Waals surface area contributed by atoms with Crippen LogP contribution in [-0.4, -0.2) is 83.8 Å². The summed E-state index contributed by atoms with van der Waals surface area (Å²) in [7, 11) is 1.52. The summed E-state index contributed by atoms with van der Waals surface area (Å²) in [5, 5.41) is 10.8. The number of nitrogens with one attached hydrogen (secondary N) is 4. The molecule has 14 heteroatoms. The molecule has 12 nitrogen and oxygen atoms in total. The first-order chi connectivity index (χ1) is 21.7. The molecule has 4 atom stereocenters. The number of rotatable bonds is 7. The van der Waals surface area contributed by atoms with Crippen LogP contribution < -0.4 is 26.0 Å². The number of carbonyl (C=O) groups is 5. The molecule has 1 fully saturated rings. The van der Waals surface area contributed by atoms with Crippen LogP contribution in [0.5, 0.6) is 5.75 Å². The van der Waals surface area contributed by atoms with Crippen LogP contribution in [0.1, 0.15) is 57.1 Å². The molecule has 5 amide bonds. The molecule has 0 bridgehead atoms. The minimum Gasteiger partial charge on any atom is -0.497 e. The Morgan fingerprint density at radius 2 is 1.61 bits per heavy atom. The second-order valence-corrected chi connectivity index (χ2v) is 12.1. The second kappa shape index (κ2) is 16.1. The number of benzene rings is 1. The van der Waals surface area contributed by atoms with Gasteiger partial charge in [-0.25, -0.2) is 13.8 Å². The molecule has 1 aromatic carbocycles. The van der Waals surface area contributed by atoms with Gasteiger partial charge < -0.3 is 30.9 Å². The summed E-state index contributed by atoms with van der Waals surface area (Å²) in [6.07, 6.45) is 0.953. The third-order valence-electron chi connectivity index (χ3n) is 7.52. The number of hydrogen-bond donors (Lipinski definition) is 4. The van der Waals surface area contributed by atoms with E-state index in [-0.39, 0.29) is 31.2 Å². The predicted molar refractivity (Wildman–Crippen MR) is 164 cm³/mol. The number of halogens is 2. The molecule has 0 unspecified atom stereocenters. The Morgan fingerprint density at radius 3 is 2.20 bits per heavy atom. The molecule has 4 N–H and O–H groups in total. The van der Waals surface area contributed by atoms with Gasteiger partial charge in [0.25, 0.3) is 5.91 Å². The van der Waals surface area contributed by atoms with Crippen LogP contribution in [0.2, 0.25) is 0 Å². The summed E-state index contributed by atoms with van der Waals surface area (Å²) < 4.78 is 33.4. The van der Waals surface area contributed by atoms with E-state index in [1.54, 1.807) is 38.1 Å². The van der Waals surface area contributed by atoms with E-state index in [1.807, 2.05) is 13.8 Å². The zero-order chi connectivity index (χ0) is 34.1. The number of ether oxygens (including phenoxy) is 1. The number of pyridine rings is 1. The van der Waals surface area contributed by atoms with Crippen LogP contribution in [0, 0.1) is 23.5 Å². The van der Waals surface area contributed by atoms with Crippen LogP contribution >= 0.6 is 0 Å². The highest BCUT2D eigenvalue weighted by Crippen LogP contribution is 2.15. The lowest BCUT2D eigenvalue weighted by molar-refractivity contribution is -0.133. The molecule has 1 saturated heterocycles. The molecule has 1 aromatic heterocycles. The summed E-state index contributed by atoms with van der Waals surface area (Å²) in [6, 6.07) is 3.41. The average molecular weight is 645 g/mol. The fraction of sp³-hybridized carbons (Fsp3) is 0.500. The zero-order valence-corrected chi connectivity index (χ0v) is 26.9. The lowest BCUT2D eigenvalue weighted by Crippen LogP contribution is -2.57. The van der Waals surface area contributed by atoms with Gasteiger partial charge in [0.15, 0.2) is 11.5 Å². The Bertz CT molecular complexity index is 1420. The Morgan fingerprint density at radius 1 is 0.957 bits per heavy atom. The topological polar surface area (TPSA) is 159 Å². The summed E-state index contributed by atoms with van der Waals surface area (Å²) in [4.78, 5) is 71.8. The van der Waals surface area contributed by atoms with Crippen LogP contribution in [0.25, 0.3) is 0 Å². The zero-order valence-electron chi connectivity index (χ0n) is 26.9. The fourth-order valence-electron chi connectivity index (χ4n) is 4.88. The molecule has 0 aliphatic carbocycles. The SMILES string of the molecule is COc1ccc(C[C@@H]2NC(=O)[C@H](CC(C)C)NC(=O)CN(C(=O)c3ncc(F)cc3F)C[C@H](C(C)C)NC(=O)[C@@H](C)NC2=O)cc1. The number of amides is 5. The van der Waals surface area contributed by atoms with Crippen molar-refractivity contribution in [3.8, 4) is 5.75 Å². The smallest absolute Gasteiger partial charge is 0.276 e. The van der Waals surface area contributed by atoms with Gasteiger partial charge in [-0.3, -0.25) is 24.0 Å². The van der Waals surface area contributed by atoms with Crippen LogP contribution in [0.15, 0.2) is 36.5 Å². The first-order valence-electron chi connectivity index (χ1n) is 15.1. The van der Waals surface area contributed by atoms with E-state index >= 15 is 0 Å². The normalized spacial score (nSPS) is 21.9. The first kappa shape index (κ1) is 35.9. The Hall–Kier alpha value is -4.62. The largest absolute Gasteiger partial charge is 0.497 e. The molecule has 2 heterocycles. The third kappa shape index (κ3) is 9.94. The molecule has 46 heavy (non-hydrogen) atoms. The molecular formula is C32H42F2N6O6. The highest BCUT2D eigenvalue weighted by atomic mass is 19.1. The van der Waals surface area contributed by atoms with E-state index in [1.165, 1.54) is 14.0 Å². The van der Waals surface area contributed by atoms with Gasteiger partial charge in [0.1, 0.15) is 29.7 Å². The minimum atomic E-state index is -1.22. The molecule has 0 radical (unpaired) electrons. The number of carbonyl (C=O) groups excluding carboxylic acids is 5. The molecule has 250 valence electrons. The van der Waals surface area contributed by atoms with Crippen molar-refractivity contribution in [2.24, 2.45) is 11.8 Å². The fourth-order valence-corrected chi connectivity index (χ4v) is 4.88. The van der Waals surface area contributed by atoms with Gasteiger partial charge >= 0.3 is 0 Å². The molecule has 0 spiro atoms. The van der Waals surface area contributed by atoms with Gasteiger partial charge in [0.2, 0.25) is 23.6 Å². The average Bonchev–Trinajstić information content (AvgIpc) is 2.98. The Labute approximate surface area is 267 Å². The molecule has 2 aromatic rings. The van der Waals surface area contributed by atoms with Crippen LogP contribution in [0.3, 0.4) is 0 Å². The van der Waals surface area contributed by atoms with E-state index < -0.39 is 77.6 Å². The number of nitrogens with zero attached hydrogens (tertiary/aromatic N) is 2. The second-order valence-electron chi connectivity index (χ2n) is 12.1. The van der Waals surface area contributed by atoms with Crippen molar-refractivity contribution in [2.45, 2.75) is 71.6 Å². The van der Waals surface area contributed by atoms with Crippen LogP contribution in [0.4, 0.5) is 8.78 Å². The quantitative estimate of drug-likeness (QED) is 0.357. The maximum absolute atomic E-state index is 14.6. The maximum Gasteiger partial charge on any atom is 0.276 e. The standard InChI is InChI=1S/C32H42F2N6O6/c1-17(2)11-24-31(44)38-25(12-20-7-9-22(46-6)10-8-20)30(43)36-19(5)29(42)39-26(18(3)4)15-40(16-27(41)37-24)32(45)28-23(34)13-21(33)14-35-28/h7-10,13-14,17-19,24-26H,11-12,15-16H2,1-6H3,(H,36,43)(H,37,41)(H,38,44)(H,39,42)/t19-,24+,25+,26-/m1/s1. The third-order valence-corrected chi connectivity index (χ3v) is 7.52. The van der Waals surface area contributed by atoms with E-state index in [0.29, 0.717) is 23.6 Å². The van der Waals surface area contributed by atoms with Gasteiger partial charge in [0.05, 0.1) is 19.9 Å². The van der Waals surface area contributed by atoms with Gasteiger partial charge in [-0.2, -0.15) is 0 Å². The van der Waals surface area contributed by atoms with Gasteiger partial charge in [-0.15, -0.1) is 0 Å². The minimum absolute atomic E-state index is 0.0607. The summed E-state index contributed by atoms with van der Waals surface area (Å²) in [5.74, 6) is -5.55. The van der Waals surface area contributed by atoms with E-state index in [2.05, 4.69) is 26.3 Å². The van der Waals surface area contributed by atoms with Crippen molar-refractivity contribution in [1.82, 2.24) is 31.2 Å².